The average molecular weight is 500 g/mol. The third-order valence-electron chi connectivity index (χ3n) is 6.90. The van der Waals surface area contributed by atoms with Crippen LogP contribution >= 0.6 is 0 Å². The molecule has 2 saturated carbocycles. The van der Waals surface area contributed by atoms with Crippen LogP contribution in [0.2, 0.25) is 0 Å². The maximum Gasteiger partial charge on any atom is 0.306 e. The number of hydrogen-bond acceptors (Lipinski definition) is 9. The zero-order valence-corrected chi connectivity index (χ0v) is 20.4. The van der Waals surface area contributed by atoms with E-state index in [1.165, 1.54) is 18.9 Å². The number of nitrogens with one attached hydrogen (secondary N) is 1. The minimum absolute atomic E-state index is 0.0649. The first kappa shape index (κ1) is 24.1. The molecule has 192 valence electrons. The summed E-state index contributed by atoms with van der Waals surface area (Å²) in [6.07, 6.45) is 6.60. The Morgan fingerprint density at radius 3 is 2.89 bits per heavy atom. The van der Waals surface area contributed by atoms with Crippen molar-refractivity contribution in [2.75, 3.05) is 5.32 Å². The van der Waals surface area contributed by atoms with Crippen LogP contribution in [0.5, 0.6) is 5.75 Å². The summed E-state index contributed by atoms with van der Waals surface area (Å²) >= 11 is 0. The second-order valence-electron chi connectivity index (χ2n) is 9.70. The van der Waals surface area contributed by atoms with Crippen LogP contribution in [-0.4, -0.2) is 47.3 Å². The monoisotopic (exact) mass is 499 g/mol. The zero-order chi connectivity index (χ0) is 25.2. The number of aliphatic carboxylic acids is 1. The second-order valence-corrected chi connectivity index (χ2v) is 9.70. The number of anilines is 1. The van der Waals surface area contributed by atoms with Crippen LogP contribution in [0, 0.1) is 24.6 Å². The smallest absolute Gasteiger partial charge is 0.306 e. The highest BCUT2D eigenvalue weighted by Crippen LogP contribution is 2.34. The van der Waals surface area contributed by atoms with Gasteiger partial charge in [-0.2, -0.15) is 4.98 Å². The number of carboxylic acids is 1. The van der Waals surface area contributed by atoms with Crippen molar-refractivity contribution in [3.8, 4) is 17.1 Å². The molecule has 0 saturated heterocycles. The van der Waals surface area contributed by atoms with E-state index < -0.39 is 17.7 Å². The number of hydrogen-bond donors (Lipinski definition) is 2. The van der Waals surface area contributed by atoms with Gasteiger partial charge in [-0.3, -0.25) is 4.79 Å². The van der Waals surface area contributed by atoms with Crippen LogP contribution in [0.1, 0.15) is 62.2 Å². The van der Waals surface area contributed by atoms with Crippen molar-refractivity contribution in [3.63, 3.8) is 0 Å². The van der Waals surface area contributed by atoms with Crippen molar-refractivity contribution in [2.24, 2.45) is 18.9 Å². The Bertz CT molecular complexity index is 1240. The maximum atomic E-state index is 15.2. The second kappa shape index (κ2) is 10.2. The molecule has 2 N–H and O–H groups in total. The molecule has 0 radical (unpaired) electrons. The highest BCUT2D eigenvalue weighted by Gasteiger charge is 2.29. The van der Waals surface area contributed by atoms with Gasteiger partial charge < -0.3 is 19.7 Å². The van der Waals surface area contributed by atoms with Gasteiger partial charge in [0.05, 0.1) is 30.0 Å². The zero-order valence-electron chi connectivity index (χ0n) is 20.4. The molecule has 0 spiro atoms. The van der Waals surface area contributed by atoms with Crippen LogP contribution in [-0.2, 0) is 24.8 Å². The minimum atomic E-state index is -0.821. The number of ether oxygens (including phenoxy) is 1. The van der Waals surface area contributed by atoms with Crippen LogP contribution in [0.15, 0.2) is 10.6 Å². The molecule has 12 heteroatoms. The van der Waals surface area contributed by atoms with Gasteiger partial charge in [0.15, 0.2) is 5.82 Å². The minimum Gasteiger partial charge on any atom is -0.488 e. The molecule has 2 atom stereocenters. The lowest BCUT2D eigenvalue weighted by molar-refractivity contribution is -0.143. The van der Waals surface area contributed by atoms with E-state index in [1.54, 1.807) is 18.7 Å². The average Bonchev–Trinajstić information content (AvgIpc) is 3.46. The summed E-state index contributed by atoms with van der Waals surface area (Å²) in [5.74, 6) is 0.186. The van der Waals surface area contributed by atoms with Gasteiger partial charge in [0, 0.05) is 19.5 Å². The molecule has 2 aliphatic carbocycles. The number of carboxylic acid groups (broad SMARTS) is 1. The van der Waals surface area contributed by atoms with Gasteiger partial charge in [-0.15, -0.1) is 5.10 Å². The number of aryl methyl sites for hydroxylation is 3. The van der Waals surface area contributed by atoms with E-state index in [0.29, 0.717) is 47.5 Å². The van der Waals surface area contributed by atoms with Crippen molar-refractivity contribution < 1.29 is 23.6 Å². The standard InChI is InChI=1S/C24H30FN7O4/c1-13-19(35-16-5-3-4-15(10-16)23(33)34)11-17(25)21(27-13)22-18(32(2)31-29-22)12-26-24-28-20(36-30-24)9-8-14-6-7-14/h11,14-16H,3-10,12H2,1-2H3,(H,26,30)(H,33,34)/t15-,16-/m0/s1. The molecular formula is C24H30FN7O4. The van der Waals surface area contributed by atoms with Gasteiger partial charge in [0.25, 0.3) is 5.95 Å². The first-order valence-electron chi connectivity index (χ1n) is 12.4. The summed E-state index contributed by atoms with van der Waals surface area (Å²) < 4.78 is 28.0. The summed E-state index contributed by atoms with van der Waals surface area (Å²) in [5, 5.41) is 24.6. The number of pyridine rings is 1. The Kier molecular flexibility index (Phi) is 6.84. The number of halogens is 1. The first-order chi connectivity index (χ1) is 17.4. The van der Waals surface area contributed by atoms with Gasteiger partial charge in [-0.1, -0.05) is 18.1 Å². The number of nitrogens with zero attached hydrogens (tertiary/aromatic N) is 6. The largest absolute Gasteiger partial charge is 0.488 e. The fourth-order valence-electron chi connectivity index (χ4n) is 4.59. The molecule has 0 aliphatic heterocycles. The van der Waals surface area contributed by atoms with E-state index in [2.05, 4.69) is 30.8 Å². The maximum absolute atomic E-state index is 15.2. The van der Waals surface area contributed by atoms with Gasteiger partial charge in [0.1, 0.15) is 17.1 Å². The van der Waals surface area contributed by atoms with E-state index >= 15 is 4.39 Å². The Morgan fingerprint density at radius 1 is 1.28 bits per heavy atom. The summed E-state index contributed by atoms with van der Waals surface area (Å²) in [6, 6.07) is 1.29. The Hall–Kier alpha value is -3.57. The van der Waals surface area contributed by atoms with Crippen molar-refractivity contribution in [2.45, 2.75) is 70.9 Å². The van der Waals surface area contributed by atoms with Crippen molar-refractivity contribution in [1.29, 1.82) is 0 Å². The van der Waals surface area contributed by atoms with Gasteiger partial charge in [0.2, 0.25) is 5.89 Å². The van der Waals surface area contributed by atoms with Crippen LogP contribution in [0.25, 0.3) is 11.4 Å². The fourth-order valence-corrected chi connectivity index (χ4v) is 4.59. The number of aromatic nitrogens is 6. The van der Waals surface area contributed by atoms with Gasteiger partial charge >= 0.3 is 5.97 Å². The topological polar surface area (TPSA) is 141 Å². The summed E-state index contributed by atoms with van der Waals surface area (Å²) in [5.41, 5.74) is 1.47. The molecule has 0 unspecified atom stereocenters. The van der Waals surface area contributed by atoms with Gasteiger partial charge in [-0.05, 0) is 50.1 Å². The first-order valence-corrected chi connectivity index (χ1v) is 12.4. The molecule has 3 aromatic rings. The predicted octanol–water partition coefficient (Wildman–Crippen LogP) is 3.68. The lowest BCUT2D eigenvalue weighted by Gasteiger charge is -2.27. The molecule has 3 aromatic heterocycles. The lowest BCUT2D eigenvalue weighted by Crippen LogP contribution is -2.29. The summed E-state index contributed by atoms with van der Waals surface area (Å²) in [7, 11) is 1.72. The molecule has 2 aliphatic rings. The quantitative estimate of drug-likeness (QED) is 0.424. The Balaban J connectivity index is 1.28. The normalized spacial score (nSPS) is 19.9. The third-order valence-corrected chi connectivity index (χ3v) is 6.90. The Morgan fingerprint density at radius 2 is 2.11 bits per heavy atom. The summed E-state index contributed by atoms with van der Waals surface area (Å²) in [4.78, 5) is 20.2. The summed E-state index contributed by atoms with van der Waals surface area (Å²) in [6.45, 7) is 1.98. The molecular weight excluding hydrogens is 469 g/mol. The van der Waals surface area contributed by atoms with E-state index in [1.807, 2.05) is 0 Å². The molecule has 5 rings (SSSR count). The van der Waals surface area contributed by atoms with Crippen LogP contribution < -0.4 is 10.1 Å². The predicted molar refractivity (Wildman–Crippen MR) is 126 cm³/mol. The molecule has 2 fully saturated rings. The number of carbonyl (C=O) groups is 1. The Labute approximate surface area is 207 Å². The third kappa shape index (κ3) is 5.47. The van der Waals surface area contributed by atoms with Crippen molar-refractivity contribution in [3.05, 3.63) is 29.2 Å². The number of rotatable bonds is 10. The molecule has 3 heterocycles. The molecule has 0 aromatic carbocycles. The molecule has 0 bridgehead atoms. The molecule has 0 amide bonds. The molecule has 36 heavy (non-hydrogen) atoms. The van der Waals surface area contributed by atoms with E-state index in [9.17, 15) is 9.90 Å². The lowest BCUT2D eigenvalue weighted by atomic mass is 9.87. The fraction of sp³-hybridized carbons (Fsp3) is 0.583. The highest BCUT2D eigenvalue weighted by molar-refractivity contribution is 5.70. The highest BCUT2D eigenvalue weighted by atomic mass is 19.1. The van der Waals surface area contributed by atoms with E-state index in [-0.39, 0.29) is 18.3 Å². The van der Waals surface area contributed by atoms with E-state index in [4.69, 9.17) is 9.26 Å². The SMILES string of the molecule is Cc1nc(-c2nnn(C)c2CNc2noc(CCC3CC3)n2)c(F)cc1O[C@H]1CCC[C@H](C(=O)O)C1. The van der Waals surface area contributed by atoms with Crippen molar-refractivity contribution >= 4 is 11.9 Å². The molecule has 11 nitrogen and oxygen atoms in total. The van der Waals surface area contributed by atoms with Crippen LogP contribution in [0.3, 0.4) is 0 Å². The van der Waals surface area contributed by atoms with Gasteiger partial charge in [-0.25, -0.2) is 14.1 Å². The van der Waals surface area contributed by atoms with Crippen molar-refractivity contribution in [1.82, 2.24) is 30.1 Å². The van der Waals surface area contributed by atoms with E-state index in [0.717, 1.165) is 31.6 Å². The van der Waals surface area contributed by atoms with Crippen LogP contribution in [0.4, 0.5) is 10.3 Å².